The van der Waals surface area contributed by atoms with E-state index in [1.54, 1.807) is 19.3 Å². The van der Waals surface area contributed by atoms with Gasteiger partial charge in [0.1, 0.15) is 5.82 Å². The van der Waals surface area contributed by atoms with Crippen molar-refractivity contribution in [3.63, 3.8) is 0 Å². The summed E-state index contributed by atoms with van der Waals surface area (Å²) < 4.78 is 53.8. The number of halogens is 5. The Morgan fingerprint density at radius 2 is 1.89 bits per heavy atom. The lowest BCUT2D eigenvalue weighted by Crippen LogP contribution is -2.12. The summed E-state index contributed by atoms with van der Waals surface area (Å²) in [6, 6.07) is 7.65. The summed E-state index contributed by atoms with van der Waals surface area (Å²) in [5.41, 5.74) is 4.05. The SMILES string of the molecule is CNn1c(Nc2c[nH]c3ccc(F)cc23)nc2cc(C(F)(F)F)ccc21.Cl. The summed E-state index contributed by atoms with van der Waals surface area (Å²) in [6.45, 7) is 0. The molecule has 3 N–H and O–H groups in total. The smallest absolute Gasteiger partial charge is 0.359 e. The average Bonchev–Trinajstić information content (AvgIpc) is 3.14. The van der Waals surface area contributed by atoms with Crippen molar-refractivity contribution in [1.29, 1.82) is 0 Å². The second-order valence-electron chi connectivity index (χ2n) is 5.71. The van der Waals surface area contributed by atoms with Crippen LogP contribution in [0.3, 0.4) is 0 Å². The van der Waals surface area contributed by atoms with Crippen LogP contribution in [0.2, 0.25) is 0 Å². The van der Waals surface area contributed by atoms with Gasteiger partial charge in [-0.05, 0) is 36.4 Å². The fourth-order valence-electron chi connectivity index (χ4n) is 2.88. The standard InChI is InChI=1S/C17H13F4N5.ClH/c1-22-26-15-5-2-9(17(19,20)21)6-13(15)24-16(26)25-14-8-23-12-4-3-10(18)7-11(12)14;/h2-8,22-23H,1H3,(H,24,25);1H. The van der Waals surface area contributed by atoms with Gasteiger partial charge in [-0.15, -0.1) is 12.4 Å². The second kappa shape index (κ2) is 6.66. The largest absolute Gasteiger partial charge is 0.416 e. The van der Waals surface area contributed by atoms with Gasteiger partial charge in [0, 0.05) is 24.1 Å². The molecule has 0 fully saturated rings. The molecule has 0 saturated carbocycles. The Morgan fingerprint density at radius 3 is 2.59 bits per heavy atom. The minimum Gasteiger partial charge on any atom is -0.359 e. The maximum absolute atomic E-state index is 13.5. The Bertz CT molecular complexity index is 1120. The number of H-pyrrole nitrogens is 1. The van der Waals surface area contributed by atoms with Crippen LogP contribution in [-0.4, -0.2) is 21.7 Å². The van der Waals surface area contributed by atoms with Crippen LogP contribution in [0.15, 0.2) is 42.6 Å². The predicted octanol–water partition coefficient (Wildman–Crippen LogP) is 5.01. The van der Waals surface area contributed by atoms with E-state index in [-0.39, 0.29) is 23.9 Å². The number of hydrogen-bond acceptors (Lipinski definition) is 3. The van der Waals surface area contributed by atoms with Crippen LogP contribution in [-0.2, 0) is 6.18 Å². The quantitative estimate of drug-likeness (QED) is 0.424. The predicted molar refractivity (Wildman–Crippen MR) is 98.8 cm³/mol. The molecule has 0 spiro atoms. The topological polar surface area (TPSA) is 57.7 Å². The summed E-state index contributed by atoms with van der Waals surface area (Å²) in [6.07, 6.45) is -2.80. The molecule has 0 amide bonds. The molecule has 0 aliphatic rings. The van der Waals surface area contributed by atoms with E-state index in [0.29, 0.717) is 16.6 Å². The summed E-state index contributed by atoms with van der Waals surface area (Å²) in [7, 11) is 1.62. The Hall–Kier alpha value is -2.94. The molecule has 0 aliphatic carbocycles. The number of rotatable bonds is 3. The Morgan fingerprint density at radius 1 is 1.11 bits per heavy atom. The lowest BCUT2D eigenvalue weighted by molar-refractivity contribution is -0.137. The molecule has 0 unspecified atom stereocenters. The molecular formula is C17H14ClF4N5. The van der Waals surface area contributed by atoms with E-state index in [4.69, 9.17) is 0 Å². The average molecular weight is 400 g/mol. The summed E-state index contributed by atoms with van der Waals surface area (Å²) in [5, 5.41) is 3.64. The van der Waals surface area contributed by atoms with E-state index in [1.165, 1.54) is 22.9 Å². The van der Waals surface area contributed by atoms with E-state index < -0.39 is 17.6 Å². The van der Waals surface area contributed by atoms with Crippen LogP contribution in [0.1, 0.15) is 5.56 Å². The van der Waals surface area contributed by atoms with E-state index in [0.717, 1.165) is 17.6 Å². The highest BCUT2D eigenvalue weighted by Crippen LogP contribution is 2.33. The number of fused-ring (bicyclic) bond motifs is 2. The number of hydrogen-bond donors (Lipinski definition) is 3. The molecular weight excluding hydrogens is 386 g/mol. The van der Waals surface area contributed by atoms with E-state index >= 15 is 0 Å². The summed E-state index contributed by atoms with van der Waals surface area (Å²) >= 11 is 0. The van der Waals surface area contributed by atoms with Gasteiger partial charge in [-0.2, -0.15) is 13.2 Å². The van der Waals surface area contributed by atoms with Gasteiger partial charge in [0.05, 0.1) is 22.3 Å². The molecule has 0 bridgehead atoms. The van der Waals surface area contributed by atoms with Gasteiger partial charge in [-0.25, -0.2) is 14.1 Å². The van der Waals surface area contributed by atoms with Crippen LogP contribution < -0.4 is 10.7 Å². The molecule has 2 aromatic carbocycles. The number of alkyl halides is 3. The number of imidazole rings is 1. The van der Waals surface area contributed by atoms with Crippen molar-refractivity contribution in [2.24, 2.45) is 0 Å². The van der Waals surface area contributed by atoms with Gasteiger partial charge in [0.15, 0.2) is 0 Å². The van der Waals surface area contributed by atoms with Crippen LogP contribution in [0.5, 0.6) is 0 Å². The first-order valence-corrected chi connectivity index (χ1v) is 7.68. The molecule has 142 valence electrons. The lowest BCUT2D eigenvalue weighted by atomic mass is 10.2. The van der Waals surface area contributed by atoms with Crippen molar-refractivity contribution in [3.05, 3.63) is 54.0 Å². The molecule has 2 heterocycles. The third-order valence-electron chi connectivity index (χ3n) is 4.10. The Kier molecular flexibility index (Phi) is 4.64. The van der Waals surface area contributed by atoms with Crippen molar-refractivity contribution in [2.75, 3.05) is 17.8 Å². The number of anilines is 2. The van der Waals surface area contributed by atoms with Crippen LogP contribution in [0.4, 0.5) is 29.2 Å². The van der Waals surface area contributed by atoms with Gasteiger partial charge in [-0.3, -0.25) is 0 Å². The number of aromatic nitrogens is 3. The molecule has 0 radical (unpaired) electrons. The highest BCUT2D eigenvalue weighted by molar-refractivity contribution is 5.94. The fourth-order valence-corrected chi connectivity index (χ4v) is 2.88. The van der Waals surface area contributed by atoms with Gasteiger partial charge >= 0.3 is 6.18 Å². The third-order valence-corrected chi connectivity index (χ3v) is 4.10. The Labute approximate surface area is 156 Å². The van der Waals surface area contributed by atoms with E-state index in [2.05, 4.69) is 20.7 Å². The van der Waals surface area contributed by atoms with Crippen molar-refractivity contribution >= 4 is 46.0 Å². The second-order valence-corrected chi connectivity index (χ2v) is 5.71. The zero-order valence-electron chi connectivity index (χ0n) is 13.9. The highest BCUT2D eigenvalue weighted by Gasteiger charge is 2.31. The molecule has 4 rings (SSSR count). The van der Waals surface area contributed by atoms with E-state index in [9.17, 15) is 17.6 Å². The van der Waals surface area contributed by atoms with Crippen molar-refractivity contribution in [3.8, 4) is 0 Å². The van der Waals surface area contributed by atoms with Crippen LogP contribution in [0.25, 0.3) is 21.9 Å². The van der Waals surface area contributed by atoms with Gasteiger partial charge in [0.25, 0.3) is 0 Å². The monoisotopic (exact) mass is 399 g/mol. The number of nitrogens with zero attached hydrogens (tertiary/aromatic N) is 2. The normalized spacial score (nSPS) is 11.6. The number of benzene rings is 2. The summed E-state index contributed by atoms with van der Waals surface area (Å²) in [4.78, 5) is 7.24. The first-order valence-electron chi connectivity index (χ1n) is 7.68. The first-order chi connectivity index (χ1) is 12.4. The van der Waals surface area contributed by atoms with Crippen LogP contribution in [0, 0.1) is 5.82 Å². The van der Waals surface area contributed by atoms with Gasteiger partial charge < -0.3 is 15.7 Å². The third kappa shape index (κ3) is 3.25. The molecule has 5 nitrogen and oxygen atoms in total. The minimum absolute atomic E-state index is 0. The molecule has 0 saturated heterocycles. The Balaban J connectivity index is 0.00000210. The number of nitrogens with one attached hydrogen (secondary N) is 3. The maximum atomic E-state index is 13.5. The molecule has 4 aromatic rings. The zero-order valence-corrected chi connectivity index (χ0v) is 14.7. The zero-order chi connectivity index (χ0) is 18.5. The van der Waals surface area contributed by atoms with Crippen molar-refractivity contribution in [2.45, 2.75) is 6.18 Å². The maximum Gasteiger partial charge on any atom is 0.416 e. The molecule has 2 aromatic heterocycles. The van der Waals surface area contributed by atoms with Crippen molar-refractivity contribution < 1.29 is 17.6 Å². The fraction of sp³-hybridized carbons (Fsp3) is 0.118. The number of aromatic amines is 1. The highest BCUT2D eigenvalue weighted by atomic mass is 35.5. The molecule has 27 heavy (non-hydrogen) atoms. The molecule has 10 heteroatoms. The van der Waals surface area contributed by atoms with Crippen molar-refractivity contribution in [1.82, 2.24) is 14.6 Å². The summed E-state index contributed by atoms with van der Waals surface area (Å²) in [5.74, 6) is -0.107. The van der Waals surface area contributed by atoms with Gasteiger partial charge in [-0.1, -0.05) is 0 Å². The lowest BCUT2D eigenvalue weighted by Gasteiger charge is -2.09. The van der Waals surface area contributed by atoms with Crippen LogP contribution >= 0.6 is 12.4 Å². The molecule has 0 aliphatic heterocycles. The van der Waals surface area contributed by atoms with Gasteiger partial charge in [0.2, 0.25) is 5.95 Å². The van der Waals surface area contributed by atoms with E-state index in [1.807, 2.05) is 0 Å². The minimum atomic E-state index is -4.44. The molecule has 0 atom stereocenters. The first kappa shape index (κ1) is 18.8.